The van der Waals surface area contributed by atoms with E-state index in [0.717, 1.165) is 11.1 Å². The molecule has 1 aromatic carbocycles. The third kappa shape index (κ3) is 1.89. The van der Waals surface area contributed by atoms with E-state index in [1.165, 1.54) is 0 Å². The first-order valence-corrected chi connectivity index (χ1v) is 4.37. The first-order chi connectivity index (χ1) is 6.04. The standard InChI is InChI=1S/C11H14O2/c1-7(2)10-8(3)5-4-6-9(10)11(12)13/h4-7H,1-3H3,(H,12,13). The van der Waals surface area contributed by atoms with E-state index < -0.39 is 5.97 Å². The predicted octanol–water partition coefficient (Wildman–Crippen LogP) is 2.82. The molecule has 0 aliphatic heterocycles. The maximum absolute atomic E-state index is 10.9. The van der Waals surface area contributed by atoms with Gasteiger partial charge in [-0.25, -0.2) is 4.79 Å². The Morgan fingerprint density at radius 2 is 2.00 bits per heavy atom. The minimum absolute atomic E-state index is 0.257. The van der Waals surface area contributed by atoms with Gasteiger partial charge in [0.2, 0.25) is 0 Å². The Bertz CT molecular complexity index is 327. The van der Waals surface area contributed by atoms with Crippen LogP contribution in [-0.2, 0) is 0 Å². The van der Waals surface area contributed by atoms with Crippen LogP contribution in [0, 0.1) is 6.92 Å². The summed E-state index contributed by atoms with van der Waals surface area (Å²) < 4.78 is 0. The summed E-state index contributed by atoms with van der Waals surface area (Å²) in [6.45, 7) is 5.96. The number of carboxylic acids is 1. The minimum atomic E-state index is -0.840. The molecule has 0 atom stereocenters. The maximum Gasteiger partial charge on any atom is 0.335 e. The summed E-state index contributed by atoms with van der Waals surface area (Å²) in [4.78, 5) is 10.9. The van der Waals surface area contributed by atoms with E-state index in [1.54, 1.807) is 12.1 Å². The van der Waals surface area contributed by atoms with Crippen LogP contribution in [0.2, 0.25) is 0 Å². The van der Waals surface area contributed by atoms with Gasteiger partial charge in [-0.3, -0.25) is 0 Å². The minimum Gasteiger partial charge on any atom is -0.478 e. The van der Waals surface area contributed by atoms with Crippen molar-refractivity contribution in [3.8, 4) is 0 Å². The van der Waals surface area contributed by atoms with Crippen molar-refractivity contribution < 1.29 is 9.90 Å². The Hall–Kier alpha value is -1.31. The molecule has 2 heteroatoms. The lowest BCUT2D eigenvalue weighted by molar-refractivity contribution is 0.0695. The van der Waals surface area contributed by atoms with Gasteiger partial charge in [-0.1, -0.05) is 26.0 Å². The third-order valence-corrected chi connectivity index (χ3v) is 2.13. The van der Waals surface area contributed by atoms with Crippen molar-refractivity contribution in [2.24, 2.45) is 0 Å². The van der Waals surface area contributed by atoms with Crippen molar-refractivity contribution in [1.82, 2.24) is 0 Å². The topological polar surface area (TPSA) is 37.3 Å². The lowest BCUT2D eigenvalue weighted by atomic mass is 9.93. The zero-order chi connectivity index (χ0) is 10.0. The van der Waals surface area contributed by atoms with Crippen LogP contribution < -0.4 is 0 Å². The average molecular weight is 178 g/mol. The molecule has 1 aromatic rings. The molecule has 0 amide bonds. The summed E-state index contributed by atoms with van der Waals surface area (Å²) in [6.07, 6.45) is 0. The molecule has 0 unspecified atom stereocenters. The van der Waals surface area contributed by atoms with E-state index >= 15 is 0 Å². The van der Waals surface area contributed by atoms with Gasteiger partial charge in [-0.05, 0) is 30.0 Å². The van der Waals surface area contributed by atoms with Gasteiger partial charge in [0.05, 0.1) is 5.56 Å². The van der Waals surface area contributed by atoms with Crippen LogP contribution in [0.1, 0.15) is 41.3 Å². The fourth-order valence-corrected chi connectivity index (χ4v) is 1.63. The Kier molecular flexibility index (Phi) is 2.71. The van der Waals surface area contributed by atoms with Crippen molar-refractivity contribution in [2.45, 2.75) is 26.7 Å². The van der Waals surface area contributed by atoms with Crippen molar-refractivity contribution in [3.63, 3.8) is 0 Å². The highest BCUT2D eigenvalue weighted by molar-refractivity contribution is 5.90. The van der Waals surface area contributed by atoms with Crippen molar-refractivity contribution in [3.05, 3.63) is 34.9 Å². The van der Waals surface area contributed by atoms with E-state index in [1.807, 2.05) is 26.8 Å². The highest BCUT2D eigenvalue weighted by Gasteiger charge is 2.13. The number of rotatable bonds is 2. The van der Waals surface area contributed by atoms with E-state index in [9.17, 15) is 4.79 Å². The number of hydrogen-bond donors (Lipinski definition) is 1. The molecule has 1 rings (SSSR count). The summed E-state index contributed by atoms with van der Waals surface area (Å²) in [5.41, 5.74) is 2.42. The predicted molar refractivity (Wildman–Crippen MR) is 52.2 cm³/mol. The van der Waals surface area contributed by atoms with Crippen LogP contribution in [0.25, 0.3) is 0 Å². The lowest BCUT2D eigenvalue weighted by Gasteiger charge is -2.12. The second-order valence-electron chi connectivity index (χ2n) is 3.50. The molecule has 2 nitrogen and oxygen atoms in total. The number of benzene rings is 1. The molecule has 0 fully saturated rings. The van der Waals surface area contributed by atoms with Gasteiger partial charge in [0.1, 0.15) is 0 Å². The second kappa shape index (κ2) is 3.60. The van der Waals surface area contributed by atoms with Gasteiger partial charge >= 0.3 is 5.97 Å². The molecule has 0 heterocycles. The average Bonchev–Trinajstić information content (AvgIpc) is 2.02. The maximum atomic E-state index is 10.9. The lowest BCUT2D eigenvalue weighted by Crippen LogP contribution is -2.05. The number of aryl methyl sites for hydroxylation is 1. The number of carboxylic acid groups (broad SMARTS) is 1. The van der Waals surface area contributed by atoms with Crippen molar-refractivity contribution in [2.75, 3.05) is 0 Å². The molecule has 13 heavy (non-hydrogen) atoms. The molecule has 0 aromatic heterocycles. The van der Waals surface area contributed by atoms with Crippen LogP contribution in [0.5, 0.6) is 0 Å². The van der Waals surface area contributed by atoms with Gasteiger partial charge in [0.15, 0.2) is 0 Å². The molecule has 70 valence electrons. The quantitative estimate of drug-likeness (QED) is 0.756. The Labute approximate surface area is 78.2 Å². The van der Waals surface area contributed by atoms with Gasteiger partial charge < -0.3 is 5.11 Å². The number of aromatic carboxylic acids is 1. The van der Waals surface area contributed by atoms with Crippen molar-refractivity contribution >= 4 is 5.97 Å². The number of carbonyl (C=O) groups is 1. The van der Waals surface area contributed by atoms with Crippen LogP contribution in [0.3, 0.4) is 0 Å². The Balaban J connectivity index is 3.34. The monoisotopic (exact) mass is 178 g/mol. The highest BCUT2D eigenvalue weighted by atomic mass is 16.4. The van der Waals surface area contributed by atoms with Gasteiger partial charge in [0.25, 0.3) is 0 Å². The largest absolute Gasteiger partial charge is 0.478 e. The molecular weight excluding hydrogens is 164 g/mol. The zero-order valence-electron chi connectivity index (χ0n) is 8.16. The summed E-state index contributed by atoms with van der Waals surface area (Å²) in [7, 11) is 0. The molecule has 1 N–H and O–H groups in total. The second-order valence-corrected chi connectivity index (χ2v) is 3.50. The molecule has 0 aliphatic carbocycles. The fraction of sp³-hybridized carbons (Fsp3) is 0.364. The van der Waals surface area contributed by atoms with Crippen LogP contribution >= 0.6 is 0 Å². The van der Waals surface area contributed by atoms with Crippen LogP contribution in [-0.4, -0.2) is 11.1 Å². The summed E-state index contributed by atoms with van der Waals surface area (Å²) >= 11 is 0. The molecule has 0 radical (unpaired) electrons. The van der Waals surface area contributed by atoms with Crippen molar-refractivity contribution in [1.29, 1.82) is 0 Å². The zero-order valence-corrected chi connectivity index (χ0v) is 8.16. The molecular formula is C11H14O2. The number of hydrogen-bond acceptors (Lipinski definition) is 1. The van der Waals surface area contributed by atoms with Crippen LogP contribution in [0.15, 0.2) is 18.2 Å². The van der Waals surface area contributed by atoms with Gasteiger partial charge in [-0.2, -0.15) is 0 Å². The Morgan fingerprint density at radius 3 is 2.38 bits per heavy atom. The van der Waals surface area contributed by atoms with Gasteiger partial charge in [0, 0.05) is 0 Å². The van der Waals surface area contributed by atoms with E-state index in [4.69, 9.17) is 5.11 Å². The van der Waals surface area contributed by atoms with Gasteiger partial charge in [-0.15, -0.1) is 0 Å². The fourth-order valence-electron chi connectivity index (χ4n) is 1.63. The summed E-state index contributed by atoms with van der Waals surface area (Å²) in [5.74, 6) is -0.584. The molecule has 0 saturated heterocycles. The SMILES string of the molecule is Cc1cccc(C(=O)O)c1C(C)C. The smallest absolute Gasteiger partial charge is 0.335 e. The first-order valence-electron chi connectivity index (χ1n) is 4.37. The summed E-state index contributed by atoms with van der Waals surface area (Å²) in [5, 5.41) is 8.94. The summed E-state index contributed by atoms with van der Waals surface area (Å²) in [6, 6.07) is 5.39. The molecule has 0 saturated carbocycles. The van der Waals surface area contributed by atoms with E-state index in [0.29, 0.717) is 5.56 Å². The third-order valence-electron chi connectivity index (χ3n) is 2.13. The Morgan fingerprint density at radius 1 is 1.38 bits per heavy atom. The first kappa shape index (κ1) is 9.78. The highest BCUT2D eigenvalue weighted by Crippen LogP contribution is 2.23. The van der Waals surface area contributed by atoms with Crippen LogP contribution in [0.4, 0.5) is 0 Å². The normalized spacial score (nSPS) is 10.5. The molecule has 0 spiro atoms. The van der Waals surface area contributed by atoms with E-state index in [2.05, 4.69) is 0 Å². The molecule has 0 bridgehead atoms. The molecule has 0 aliphatic rings. The van der Waals surface area contributed by atoms with E-state index in [-0.39, 0.29) is 5.92 Å².